The highest BCUT2D eigenvalue weighted by Crippen LogP contribution is 2.02. The Hall–Kier alpha value is -0.660. The van der Waals surface area contributed by atoms with Crippen LogP contribution in [0.5, 0.6) is 0 Å². The maximum Gasteiger partial charge on any atom is 0.0491 e. The summed E-state index contributed by atoms with van der Waals surface area (Å²) in [4.78, 5) is 0. The van der Waals surface area contributed by atoms with E-state index in [0.717, 1.165) is 6.42 Å². The van der Waals surface area contributed by atoms with Crippen LogP contribution in [0.15, 0.2) is 22.0 Å². The first kappa shape index (κ1) is 8.34. The molecule has 0 aromatic rings. The third kappa shape index (κ3) is 5.21. The zero-order valence-electron chi connectivity index (χ0n) is 6.39. The highest BCUT2D eigenvalue weighted by atomic mass is 15.1. The lowest BCUT2D eigenvalue weighted by Gasteiger charge is -1.90. The van der Waals surface area contributed by atoms with Crippen molar-refractivity contribution in [3.8, 4) is 0 Å². The number of rotatable bonds is 3. The molecule has 0 N–H and O–H groups in total. The third-order valence-electron chi connectivity index (χ3n) is 1.04. The molecule has 9 heavy (non-hydrogen) atoms. The molecule has 0 spiro atoms. The molecule has 52 valence electrons. The summed E-state index contributed by atoms with van der Waals surface area (Å²) in [6.45, 7) is 4.22. The predicted molar refractivity (Wildman–Crippen MR) is 39.4 cm³/mol. The molecule has 0 aliphatic heterocycles. The van der Waals surface area contributed by atoms with E-state index < -0.39 is 0 Å². The molecule has 0 saturated carbocycles. The van der Waals surface area contributed by atoms with Crippen molar-refractivity contribution in [3.05, 3.63) is 11.8 Å². The standard InChI is InChI=1S/C7H14N2/c1-4-5-7(2)6-9-8-3/h6H,4-5H2,1-3H3/b7-6-,9-8?. The average Bonchev–Trinajstić information content (AvgIpc) is 1.85. The monoisotopic (exact) mass is 126 g/mol. The second kappa shape index (κ2) is 5.48. The van der Waals surface area contributed by atoms with E-state index in [-0.39, 0.29) is 0 Å². The van der Waals surface area contributed by atoms with Gasteiger partial charge in [-0.3, -0.25) is 0 Å². The van der Waals surface area contributed by atoms with Gasteiger partial charge in [0, 0.05) is 13.2 Å². The van der Waals surface area contributed by atoms with Gasteiger partial charge in [0.25, 0.3) is 0 Å². The summed E-state index contributed by atoms with van der Waals surface area (Å²) in [6.07, 6.45) is 4.12. The van der Waals surface area contributed by atoms with Crippen molar-refractivity contribution in [1.29, 1.82) is 0 Å². The highest BCUT2D eigenvalue weighted by Gasteiger charge is 1.82. The minimum absolute atomic E-state index is 1.12. The van der Waals surface area contributed by atoms with Gasteiger partial charge in [-0.15, -0.1) is 0 Å². The topological polar surface area (TPSA) is 24.7 Å². The third-order valence-corrected chi connectivity index (χ3v) is 1.04. The van der Waals surface area contributed by atoms with Crippen molar-refractivity contribution in [2.45, 2.75) is 26.7 Å². The van der Waals surface area contributed by atoms with Crippen LogP contribution in [0, 0.1) is 0 Å². The Morgan fingerprint density at radius 2 is 2.22 bits per heavy atom. The number of hydrogen-bond donors (Lipinski definition) is 0. The zero-order valence-corrected chi connectivity index (χ0v) is 6.39. The van der Waals surface area contributed by atoms with Crippen LogP contribution in [-0.4, -0.2) is 7.05 Å². The van der Waals surface area contributed by atoms with Gasteiger partial charge in [-0.1, -0.05) is 18.9 Å². The molecule has 0 rings (SSSR count). The first-order valence-corrected chi connectivity index (χ1v) is 3.25. The summed E-state index contributed by atoms with van der Waals surface area (Å²) >= 11 is 0. The Morgan fingerprint density at radius 3 is 2.67 bits per heavy atom. The van der Waals surface area contributed by atoms with Crippen LogP contribution < -0.4 is 0 Å². The van der Waals surface area contributed by atoms with Gasteiger partial charge in [-0.2, -0.15) is 10.2 Å². The highest BCUT2D eigenvalue weighted by molar-refractivity contribution is 4.94. The summed E-state index contributed by atoms with van der Waals surface area (Å²) in [5, 5.41) is 7.36. The molecular weight excluding hydrogens is 112 g/mol. The molecule has 0 bridgehead atoms. The molecule has 0 aromatic heterocycles. The summed E-state index contributed by atoms with van der Waals surface area (Å²) in [5.74, 6) is 0. The number of nitrogens with zero attached hydrogens (tertiary/aromatic N) is 2. The number of azo groups is 1. The Morgan fingerprint density at radius 1 is 1.56 bits per heavy atom. The molecule has 0 saturated heterocycles. The summed E-state index contributed by atoms with van der Waals surface area (Å²) in [7, 11) is 1.68. The maximum atomic E-state index is 3.75. The van der Waals surface area contributed by atoms with Gasteiger partial charge in [-0.05, 0) is 13.3 Å². The molecule has 2 nitrogen and oxygen atoms in total. The van der Waals surface area contributed by atoms with Crippen molar-refractivity contribution in [2.24, 2.45) is 10.2 Å². The fourth-order valence-electron chi connectivity index (χ4n) is 0.615. The van der Waals surface area contributed by atoms with Crippen LogP contribution in [-0.2, 0) is 0 Å². The molecule has 2 heteroatoms. The molecule has 0 radical (unpaired) electrons. The van der Waals surface area contributed by atoms with Gasteiger partial charge in [0.2, 0.25) is 0 Å². The number of hydrogen-bond acceptors (Lipinski definition) is 2. The van der Waals surface area contributed by atoms with Gasteiger partial charge < -0.3 is 0 Å². The number of allylic oxidation sites excluding steroid dienone is 1. The largest absolute Gasteiger partial charge is 0.193 e. The van der Waals surface area contributed by atoms with Crippen LogP contribution in [0.4, 0.5) is 0 Å². The molecule has 0 aromatic carbocycles. The van der Waals surface area contributed by atoms with Crippen LogP contribution in [0.2, 0.25) is 0 Å². The van der Waals surface area contributed by atoms with Gasteiger partial charge in [-0.25, -0.2) is 0 Å². The van der Waals surface area contributed by atoms with Gasteiger partial charge in [0.1, 0.15) is 0 Å². The molecular formula is C7H14N2. The van der Waals surface area contributed by atoms with Crippen molar-refractivity contribution >= 4 is 0 Å². The van der Waals surface area contributed by atoms with Crippen molar-refractivity contribution in [1.82, 2.24) is 0 Å². The van der Waals surface area contributed by atoms with Gasteiger partial charge in [0.15, 0.2) is 0 Å². The average molecular weight is 126 g/mol. The Balaban J connectivity index is 3.55. The SMILES string of the molecule is CCC/C(C)=C\N=NC. The Kier molecular flexibility index (Phi) is 5.07. The lowest BCUT2D eigenvalue weighted by Crippen LogP contribution is -1.71. The summed E-state index contributed by atoms with van der Waals surface area (Å²) < 4.78 is 0. The van der Waals surface area contributed by atoms with Crippen LogP contribution in [0.3, 0.4) is 0 Å². The second-order valence-corrected chi connectivity index (χ2v) is 2.04. The van der Waals surface area contributed by atoms with E-state index in [2.05, 4.69) is 24.1 Å². The van der Waals surface area contributed by atoms with Crippen LogP contribution in [0.1, 0.15) is 26.7 Å². The van der Waals surface area contributed by atoms with E-state index in [9.17, 15) is 0 Å². The molecule has 0 amide bonds. The first-order valence-electron chi connectivity index (χ1n) is 3.25. The smallest absolute Gasteiger partial charge is 0.0491 e. The Bertz CT molecular complexity index is 114. The molecule has 0 fully saturated rings. The normalized spacial score (nSPS) is 13.0. The lowest BCUT2D eigenvalue weighted by atomic mass is 10.2. The van der Waals surface area contributed by atoms with E-state index in [1.54, 1.807) is 7.05 Å². The molecule has 0 aliphatic rings. The van der Waals surface area contributed by atoms with Crippen molar-refractivity contribution in [2.75, 3.05) is 7.05 Å². The van der Waals surface area contributed by atoms with E-state index in [1.165, 1.54) is 12.0 Å². The summed E-state index contributed by atoms with van der Waals surface area (Å²) in [6, 6.07) is 0. The first-order chi connectivity index (χ1) is 4.31. The molecule has 0 unspecified atom stereocenters. The molecule has 0 heterocycles. The van der Waals surface area contributed by atoms with Crippen LogP contribution >= 0.6 is 0 Å². The van der Waals surface area contributed by atoms with E-state index in [0.29, 0.717) is 0 Å². The molecule has 0 atom stereocenters. The predicted octanol–water partition coefficient (Wildman–Crippen LogP) is 2.77. The summed E-state index contributed by atoms with van der Waals surface area (Å²) in [5.41, 5.74) is 1.29. The lowest BCUT2D eigenvalue weighted by molar-refractivity contribution is 0.897. The minimum atomic E-state index is 1.12. The second-order valence-electron chi connectivity index (χ2n) is 2.04. The fourth-order valence-corrected chi connectivity index (χ4v) is 0.615. The van der Waals surface area contributed by atoms with Gasteiger partial charge >= 0.3 is 0 Å². The minimum Gasteiger partial charge on any atom is -0.193 e. The zero-order chi connectivity index (χ0) is 7.11. The van der Waals surface area contributed by atoms with Crippen LogP contribution in [0.25, 0.3) is 0 Å². The van der Waals surface area contributed by atoms with E-state index in [1.807, 2.05) is 6.20 Å². The Labute approximate surface area is 56.7 Å². The maximum absolute atomic E-state index is 3.75. The van der Waals surface area contributed by atoms with Crippen molar-refractivity contribution < 1.29 is 0 Å². The fraction of sp³-hybridized carbons (Fsp3) is 0.714. The van der Waals surface area contributed by atoms with E-state index >= 15 is 0 Å². The van der Waals surface area contributed by atoms with Gasteiger partial charge in [0.05, 0.1) is 0 Å². The van der Waals surface area contributed by atoms with E-state index in [4.69, 9.17) is 0 Å². The molecule has 0 aliphatic carbocycles. The quantitative estimate of drug-likeness (QED) is 0.519. The van der Waals surface area contributed by atoms with Crippen molar-refractivity contribution in [3.63, 3.8) is 0 Å².